The molecular formula is C23H25FN4O2. The number of likely N-dealkylation sites (tertiary alicyclic amines) is 1. The largest absolute Gasteiger partial charge is 0.391 e. The molecule has 3 N–H and O–H groups in total. The zero-order chi connectivity index (χ0) is 21.1. The lowest BCUT2D eigenvalue weighted by atomic mass is 10.0. The number of β-amino-alcohol motifs (C(OH)–C–C–N with tert-alkyl or cyclic N) is 1. The summed E-state index contributed by atoms with van der Waals surface area (Å²) in [5.74, 6) is -0.392. The standard InChI is InChI=1S/C23H25FN4O2/c1-15-9-21(27-26-15)11-18-13-28(14-22(18)29)23(30)17-3-2-4-20(10-17)25-12-16-5-7-19(24)8-6-16/h2-10,18,22,25,29H,11-14H2,1H3,(H,26,27)/t18-,22+/m1/s1. The third-order valence-electron chi connectivity index (χ3n) is 5.44. The minimum Gasteiger partial charge on any atom is -0.391 e. The topological polar surface area (TPSA) is 81.2 Å². The summed E-state index contributed by atoms with van der Waals surface area (Å²) >= 11 is 0. The summed E-state index contributed by atoms with van der Waals surface area (Å²) in [5.41, 5.74) is 4.22. The molecule has 6 nitrogen and oxygen atoms in total. The third-order valence-corrected chi connectivity index (χ3v) is 5.44. The maximum absolute atomic E-state index is 13.0. The quantitative estimate of drug-likeness (QED) is 0.585. The molecule has 2 aromatic carbocycles. The molecule has 2 heterocycles. The molecule has 156 valence electrons. The van der Waals surface area contributed by atoms with Crippen molar-refractivity contribution in [2.75, 3.05) is 18.4 Å². The number of hydrogen-bond donors (Lipinski definition) is 3. The van der Waals surface area contributed by atoms with Crippen LogP contribution in [0.4, 0.5) is 10.1 Å². The van der Waals surface area contributed by atoms with Crippen LogP contribution in [-0.2, 0) is 13.0 Å². The molecule has 1 aliphatic rings. The lowest BCUT2D eigenvalue weighted by Crippen LogP contribution is -2.29. The fraction of sp³-hybridized carbons (Fsp3) is 0.304. The van der Waals surface area contributed by atoms with Gasteiger partial charge in [-0.15, -0.1) is 0 Å². The number of aromatic nitrogens is 2. The number of aryl methyl sites for hydroxylation is 1. The van der Waals surface area contributed by atoms with Crippen molar-refractivity contribution in [1.29, 1.82) is 0 Å². The highest BCUT2D eigenvalue weighted by atomic mass is 19.1. The first-order valence-electron chi connectivity index (χ1n) is 10.0. The van der Waals surface area contributed by atoms with Crippen molar-refractivity contribution in [3.05, 3.63) is 82.9 Å². The molecule has 1 fully saturated rings. The number of anilines is 1. The van der Waals surface area contributed by atoms with Crippen LogP contribution in [0.3, 0.4) is 0 Å². The first-order chi connectivity index (χ1) is 14.5. The number of aliphatic hydroxyl groups is 1. The fourth-order valence-corrected chi connectivity index (χ4v) is 3.82. The van der Waals surface area contributed by atoms with Gasteiger partial charge in [0.1, 0.15) is 5.82 Å². The minimum absolute atomic E-state index is 0.0311. The molecule has 30 heavy (non-hydrogen) atoms. The van der Waals surface area contributed by atoms with Gasteiger partial charge in [0.05, 0.1) is 11.8 Å². The molecule has 0 saturated carbocycles. The number of halogens is 1. The van der Waals surface area contributed by atoms with Crippen LogP contribution in [0.5, 0.6) is 0 Å². The molecular weight excluding hydrogens is 383 g/mol. The maximum atomic E-state index is 13.0. The van der Waals surface area contributed by atoms with Crippen molar-refractivity contribution in [3.63, 3.8) is 0 Å². The van der Waals surface area contributed by atoms with Gasteiger partial charge in [-0.3, -0.25) is 9.89 Å². The van der Waals surface area contributed by atoms with Gasteiger partial charge in [-0.1, -0.05) is 18.2 Å². The number of carbonyl (C=O) groups excluding carboxylic acids is 1. The normalized spacial score (nSPS) is 18.6. The summed E-state index contributed by atoms with van der Waals surface area (Å²) in [6.07, 6.45) is 0.0694. The Morgan fingerprint density at radius 3 is 2.77 bits per heavy atom. The Hall–Kier alpha value is -3.19. The highest BCUT2D eigenvalue weighted by Gasteiger charge is 2.34. The lowest BCUT2D eigenvalue weighted by molar-refractivity contribution is 0.0764. The van der Waals surface area contributed by atoms with Gasteiger partial charge in [-0.2, -0.15) is 5.10 Å². The molecule has 1 aromatic heterocycles. The highest BCUT2D eigenvalue weighted by Crippen LogP contribution is 2.24. The molecule has 0 radical (unpaired) electrons. The average molecular weight is 408 g/mol. The van der Waals surface area contributed by atoms with E-state index in [4.69, 9.17) is 0 Å². The fourth-order valence-electron chi connectivity index (χ4n) is 3.82. The van der Waals surface area contributed by atoms with E-state index in [1.54, 1.807) is 23.1 Å². The number of aromatic amines is 1. The van der Waals surface area contributed by atoms with Gasteiger partial charge in [-0.05, 0) is 55.3 Å². The molecule has 0 bridgehead atoms. The van der Waals surface area contributed by atoms with E-state index in [9.17, 15) is 14.3 Å². The summed E-state index contributed by atoms with van der Waals surface area (Å²) < 4.78 is 13.0. The van der Waals surface area contributed by atoms with Crippen LogP contribution in [0.2, 0.25) is 0 Å². The smallest absolute Gasteiger partial charge is 0.254 e. The Labute approximate surface area is 174 Å². The zero-order valence-electron chi connectivity index (χ0n) is 16.8. The van der Waals surface area contributed by atoms with E-state index in [0.717, 1.165) is 22.6 Å². The molecule has 2 atom stereocenters. The Balaban J connectivity index is 1.38. The van der Waals surface area contributed by atoms with Crippen LogP contribution >= 0.6 is 0 Å². The molecule has 4 rings (SSSR count). The molecule has 0 unspecified atom stereocenters. The van der Waals surface area contributed by atoms with Crippen molar-refractivity contribution >= 4 is 11.6 Å². The second-order valence-corrected chi connectivity index (χ2v) is 7.84. The number of nitrogens with zero attached hydrogens (tertiary/aromatic N) is 2. The van der Waals surface area contributed by atoms with Crippen LogP contribution < -0.4 is 5.32 Å². The predicted octanol–water partition coefficient (Wildman–Crippen LogP) is 3.14. The molecule has 1 aliphatic heterocycles. The van der Waals surface area contributed by atoms with Gasteiger partial charge in [0.25, 0.3) is 5.91 Å². The van der Waals surface area contributed by atoms with Gasteiger partial charge in [-0.25, -0.2) is 4.39 Å². The molecule has 7 heteroatoms. The summed E-state index contributed by atoms with van der Waals surface area (Å²) in [6, 6.07) is 15.6. The van der Waals surface area contributed by atoms with E-state index in [1.165, 1.54) is 12.1 Å². The number of aliphatic hydroxyl groups excluding tert-OH is 1. The van der Waals surface area contributed by atoms with Gasteiger partial charge >= 0.3 is 0 Å². The number of carbonyl (C=O) groups is 1. The van der Waals surface area contributed by atoms with Crippen LogP contribution in [-0.4, -0.2) is 45.3 Å². The number of rotatable bonds is 6. The van der Waals surface area contributed by atoms with Crippen LogP contribution in [0.1, 0.15) is 27.3 Å². The molecule has 0 spiro atoms. The van der Waals surface area contributed by atoms with Crippen LogP contribution in [0.25, 0.3) is 0 Å². The minimum atomic E-state index is -0.564. The number of amides is 1. The Morgan fingerprint density at radius 2 is 2.03 bits per heavy atom. The summed E-state index contributed by atoms with van der Waals surface area (Å²) in [4.78, 5) is 14.7. The summed E-state index contributed by atoms with van der Waals surface area (Å²) in [7, 11) is 0. The highest BCUT2D eigenvalue weighted by molar-refractivity contribution is 5.95. The second-order valence-electron chi connectivity index (χ2n) is 7.84. The first-order valence-corrected chi connectivity index (χ1v) is 10.0. The number of benzene rings is 2. The Morgan fingerprint density at radius 1 is 1.23 bits per heavy atom. The molecule has 3 aromatic rings. The summed E-state index contributed by atoms with van der Waals surface area (Å²) in [5, 5.41) is 20.8. The maximum Gasteiger partial charge on any atom is 0.254 e. The second kappa shape index (κ2) is 8.67. The third kappa shape index (κ3) is 4.68. The number of H-pyrrole nitrogens is 1. The Bertz CT molecular complexity index is 1020. The van der Waals surface area contributed by atoms with Gasteiger partial charge in [0, 0.05) is 42.5 Å². The first kappa shape index (κ1) is 20.1. The van der Waals surface area contributed by atoms with Crippen molar-refractivity contribution in [3.8, 4) is 0 Å². The lowest BCUT2D eigenvalue weighted by Gasteiger charge is -2.17. The number of hydrogen-bond acceptors (Lipinski definition) is 4. The Kier molecular flexibility index (Phi) is 5.81. The monoisotopic (exact) mass is 408 g/mol. The molecule has 0 aliphatic carbocycles. The SMILES string of the molecule is Cc1cc(C[C@@H]2CN(C(=O)c3cccc(NCc4ccc(F)cc4)c3)C[C@@H]2O)n[nH]1. The van der Waals surface area contributed by atoms with Gasteiger partial charge < -0.3 is 15.3 Å². The van der Waals surface area contributed by atoms with Crippen LogP contribution in [0.15, 0.2) is 54.6 Å². The van der Waals surface area contributed by atoms with E-state index in [0.29, 0.717) is 31.6 Å². The van der Waals surface area contributed by atoms with Crippen molar-refractivity contribution in [2.24, 2.45) is 5.92 Å². The van der Waals surface area contributed by atoms with Crippen molar-refractivity contribution < 1.29 is 14.3 Å². The van der Waals surface area contributed by atoms with E-state index in [2.05, 4.69) is 15.5 Å². The van der Waals surface area contributed by atoms with E-state index in [1.807, 2.05) is 31.2 Å². The molecule has 1 amide bonds. The molecule has 1 saturated heterocycles. The van der Waals surface area contributed by atoms with E-state index < -0.39 is 6.10 Å². The van der Waals surface area contributed by atoms with Crippen molar-refractivity contribution in [2.45, 2.75) is 26.0 Å². The summed E-state index contributed by atoms with van der Waals surface area (Å²) in [6.45, 7) is 3.29. The average Bonchev–Trinajstić information content (AvgIpc) is 3.32. The predicted molar refractivity (Wildman–Crippen MR) is 113 cm³/mol. The van der Waals surface area contributed by atoms with E-state index in [-0.39, 0.29) is 17.6 Å². The van der Waals surface area contributed by atoms with E-state index >= 15 is 0 Å². The van der Waals surface area contributed by atoms with Gasteiger partial charge in [0.15, 0.2) is 0 Å². The number of nitrogens with one attached hydrogen (secondary N) is 2. The van der Waals surface area contributed by atoms with Crippen molar-refractivity contribution in [1.82, 2.24) is 15.1 Å². The van der Waals surface area contributed by atoms with Crippen LogP contribution in [0, 0.1) is 18.7 Å². The zero-order valence-corrected chi connectivity index (χ0v) is 16.8. The van der Waals surface area contributed by atoms with Gasteiger partial charge in [0.2, 0.25) is 0 Å².